The lowest BCUT2D eigenvalue weighted by Gasteiger charge is -2.30. The molecule has 168 valence electrons. The Balaban J connectivity index is 1.31. The summed E-state index contributed by atoms with van der Waals surface area (Å²) in [6.07, 6.45) is 10.2. The van der Waals surface area contributed by atoms with Gasteiger partial charge in [-0.2, -0.15) is 0 Å². The van der Waals surface area contributed by atoms with Gasteiger partial charge in [-0.05, 0) is 43.9 Å². The van der Waals surface area contributed by atoms with E-state index >= 15 is 0 Å². The van der Waals surface area contributed by atoms with E-state index in [-0.39, 0.29) is 29.6 Å². The number of nitrogens with zero attached hydrogens (tertiary/aromatic N) is 4. The molecule has 4 aromatic rings. The molecule has 0 saturated heterocycles. The van der Waals surface area contributed by atoms with Crippen LogP contribution in [0.2, 0.25) is 0 Å². The summed E-state index contributed by atoms with van der Waals surface area (Å²) in [5.74, 6) is -0.906. The van der Waals surface area contributed by atoms with Crippen LogP contribution in [-0.4, -0.2) is 42.9 Å². The number of halogens is 2. The zero-order valence-corrected chi connectivity index (χ0v) is 17.6. The number of anilines is 1. The van der Waals surface area contributed by atoms with Crippen LogP contribution in [0.4, 0.5) is 14.6 Å². The molecule has 10 heteroatoms. The SMILES string of the molecule is O=C(N[C@H]1CCC[C@@H](Nc2nc(-c3c[nH]c4ncc(F)cc34)ncc2F)C1)c1cccnc1. The van der Waals surface area contributed by atoms with Gasteiger partial charge in [-0.3, -0.25) is 9.78 Å². The average molecular weight is 449 g/mol. The number of hydrogen-bond donors (Lipinski definition) is 3. The van der Waals surface area contributed by atoms with Crippen LogP contribution in [0.1, 0.15) is 36.0 Å². The molecule has 0 bridgehead atoms. The summed E-state index contributed by atoms with van der Waals surface area (Å²) >= 11 is 0. The van der Waals surface area contributed by atoms with E-state index in [2.05, 4.69) is 35.6 Å². The van der Waals surface area contributed by atoms with Crippen molar-refractivity contribution in [1.82, 2.24) is 30.2 Å². The van der Waals surface area contributed by atoms with Gasteiger partial charge in [0, 0.05) is 41.6 Å². The number of amides is 1. The molecule has 0 spiro atoms. The highest BCUT2D eigenvalue weighted by molar-refractivity contribution is 5.94. The van der Waals surface area contributed by atoms with Gasteiger partial charge in [0.05, 0.1) is 18.0 Å². The van der Waals surface area contributed by atoms with Crippen LogP contribution >= 0.6 is 0 Å². The number of rotatable bonds is 5. The van der Waals surface area contributed by atoms with E-state index < -0.39 is 11.6 Å². The Kier molecular flexibility index (Phi) is 5.64. The second-order valence-corrected chi connectivity index (χ2v) is 8.06. The number of hydrogen-bond acceptors (Lipinski definition) is 6. The van der Waals surface area contributed by atoms with Crippen molar-refractivity contribution in [1.29, 1.82) is 0 Å². The molecule has 1 saturated carbocycles. The van der Waals surface area contributed by atoms with Gasteiger partial charge in [0.1, 0.15) is 11.5 Å². The first kappa shape index (κ1) is 20.9. The topological polar surface area (TPSA) is 108 Å². The molecule has 0 unspecified atom stereocenters. The maximum atomic E-state index is 14.5. The molecule has 4 heterocycles. The molecule has 1 amide bonds. The second kappa shape index (κ2) is 8.89. The molecule has 0 radical (unpaired) electrons. The van der Waals surface area contributed by atoms with E-state index in [4.69, 9.17) is 0 Å². The fourth-order valence-electron chi connectivity index (χ4n) is 4.17. The number of pyridine rings is 2. The minimum atomic E-state index is -0.579. The van der Waals surface area contributed by atoms with E-state index in [9.17, 15) is 13.6 Å². The monoisotopic (exact) mass is 449 g/mol. The van der Waals surface area contributed by atoms with Crippen LogP contribution < -0.4 is 10.6 Å². The lowest BCUT2D eigenvalue weighted by atomic mass is 9.90. The summed E-state index contributed by atoms with van der Waals surface area (Å²) in [5, 5.41) is 6.71. The Hall–Kier alpha value is -3.95. The molecule has 0 aromatic carbocycles. The summed E-state index contributed by atoms with van der Waals surface area (Å²) in [6, 6.07) is 4.65. The van der Waals surface area contributed by atoms with E-state index in [0.717, 1.165) is 31.7 Å². The number of aromatic nitrogens is 5. The normalized spacial score (nSPS) is 18.2. The predicted molar refractivity (Wildman–Crippen MR) is 118 cm³/mol. The standard InChI is InChI=1S/C23H21F2N7O/c24-14-7-17-18(11-28-20(17)27-10-14)21-29-12-19(25)22(32-21)30-15-4-1-5-16(8-15)31-23(33)13-3-2-6-26-9-13/h2-3,6-7,9-12,15-16H,1,4-5,8H2,(H,27,28)(H,31,33)(H,29,30,32)/t15-,16+/m1/s1. The predicted octanol–water partition coefficient (Wildman–Crippen LogP) is 3.85. The molecule has 8 nitrogen and oxygen atoms in total. The number of fused-ring (bicyclic) bond motifs is 1. The van der Waals surface area contributed by atoms with Crippen molar-refractivity contribution in [2.24, 2.45) is 0 Å². The number of aromatic amines is 1. The molecule has 0 aliphatic heterocycles. The lowest BCUT2D eigenvalue weighted by molar-refractivity contribution is 0.0926. The van der Waals surface area contributed by atoms with Crippen LogP contribution in [-0.2, 0) is 0 Å². The highest BCUT2D eigenvalue weighted by Crippen LogP contribution is 2.28. The molecule has 5 rings (SSSR count). The van der Waals surface area contributed by atoms with Crippen LogP contribution in [0.3, 0.4) is 0 Å². The van der Waals surface area contributed by atoms with Crippen molar-refractivity contribution in [3.05, 3.63) is 66.4 Å². The molecule has 1 fully saturated rings. The van der Waals surface area contributed by atoms with Gasteiger partial charge in [0.2, 0.25) is 0 Å². The highest BCUT2D eigenvalue weighted by Gasteiger charge is 2.25. The van der Waals surface area contributed by atoms with Crippen LogP contribution in [0, 0.1) is 11.6 Å². The van der Waals surface area contributed by atoms with Gasteiger partial charge in [-0.15, -0.1) is 0 Å². The van der Waals surface area contributed by atoms with E-state index in [1.54, 1.807) is 24.5 Å². The first-order chi connectivity index (χ1) is 16.1. The van der Waals surface area contributed by atoms with Crippen LogP contribution in [0.5, 0.6) is 0 Å². The number of nitrogens with one attached hydrogen (secondary N) is 3. The lowest BCUT2D eigenvalue weighted by Crippen LogP contribution is -2.42. The molecule has 4 aromatic heterocycles. The zero-order valence-electron chi connectivity index (χ0n) is 17.6. The Labute approximate surface area is 187 Å². The van der Waals surface area contributed by atoms with Gasteiger partial charge in [-0.25, -0.2) is 23.7 Å². The maximum absolute atomic E-state index is 14.5. The summed E-state index contributed by atoms with van der Waals surface area (Å²) in [6.45, 7) is 0. The quantitative estimate of drug-likeness (QED) is 0.427. The first-order valence-corrected chi connectivity index (χ1v) is 10.7. The van der Waals surface area contributed by atoms with E-state index in [1.165, 1.54) is 12.3 Å². The van der Waals surface area contributed by atoms with Crippen molar-refractivity contribution < 1.29 is 13.6 Å². The summed E-state index contributed by atoms with van der Waals surface area (Å²) in [4.78, 5) is 31.8. The largest absolute Gasteiger partial charge is 0.365 e. The molecular weight excluding hydrogens is 428 g/mol. The molecular formula is C23H21F2N7O. The summed E-state index contributed by atoms with van der Waals surface area (Å²) in [5.41, 5.74) is 1.53. The number of H-pyrrole nitrogens is 1. The molecule has 2 atom stereocenters. The zero-order chi connectivity index (χ0) is 22.8. The Morgan fingerprint density at radius 2 is 2.00 bits per heavy atom. The minimum absolute atomic E-state index is 0.0454. The Bertz CT molecular complexity index is 1290. The van der Waals surface area contributed by atoms with Crippen LogP contribution in [0.25, 0.3) is 22.4 Å². The van der Waals surface area contributed by atoms with Crippen molar-refractivity contribution >= 4 is 22.8 Å². The summed E-state index contributed by atoms with van der Waals surface area (Å²) in [7, 11) is 0. The Morgan fingerprint density at radius 1 is 1.12 bits per heavy atom. The average Bonchev–Trinajstić information content (AvgIpc) is 3.24. The van der Waals surface area contributed by atoms with Crippen molar-refractivity contribution in [3.63, 3.8) is 0 Å². The van der Waals surface area contributed by atoms with Gasteiger partial charge in [0.25, 0.3) is 5.91 Å². The first-order valence-electron chi connectivity index (χ1n) is 10.7. The molecule has 33 heavy (non-hydrogen) atoms. The fraction of sp³-hybridized carbons (Fsp3) is 0.261. The minimum Gasteiger partial charge on any atom is -0.365 e. The number of carbonyl (C=O) groups excluding carboxylic acids is 1. The van der Waals surface area contributed by atoms with E-state index in [0.29, 0.717) is 28.6 Å². The summed E-state index contributed by atoms with van der Waals surface area (Å²) < 4.78 is 28.2. The van der Waals surface area contributed by atoms with Crippen LogP contribution in [0.15, 0.2) is 49.2 Å². The van der Waals surface area contributed by atoms with E-state index in [1.807, 2.05) is 0 Å². The molecule has 1 aliphatic rings. The highest BCUT2D eigenvalue weighted by atomic mass is 19.1. The van der Waals surface area contributed by atoms with Gasteiger partial charge in [-0.1, -0.05) is 0 Å². The third kappa shape index (κ3) is 4.50. The van der Waals surface area contributed by atoms with Gasteiger partial charge in [0.15, 0.2) is 17.5 Å². The second-order valence-electron chi connectivity index (χ2n) is 8.06. The smallest absolute Gasteiger partial charge is 0.253 e. The van der Waals surface area contributed by atoms with Crippen molar-refractivity contribution in [2.45, 2.75) is 37.8 Å². The number of carbonyl (C=O) groups is 1. The molecule has 1 aliphatic carbocycles. The Morgan fingerprint density at radius 3 is 2.85 bits per heavy atom. The van der Waals surface area contributed by atoms with Gasteiger partial charge < -0.3 is 15.6 Å². The third-order valence-electron chi connectivity index (χ3n) is 5.76. The molecule has 3 N–H and O–H groups in total. The van der Waals surface area contributed by atoms with Crippen molar-refractivity contribution in [3.8, 4) is 11.4 Å². The van der Waals surface area contributed by atoms with Gasteiger partial charge >= 0.3 is 0 Å². The fourth-order valence-corrected chi connectivity index (χ4v) is 4.17. The van der Waals surface area contributed by atoms with Crippen molar-refractivity contribution in [2.75, 3.05) is 5.32 Å². The third-order valence-corrected chi connectivity index (χ3v) is 5.76. The maximum Gasteiger partial charge on any atom is 0.253 e.